The topological polar surface area (TPSA) is 36.4 Å². The van der Waals surface area contributed by atoms with Gasteiger partial charge in [0.05, 0.1) is 4.88 Å². The zero-order valence-electron chi connectivity index (χ0n) is 12.9. The Labute approximate surface area is 147 Å². The van der Waals surface area contributed by atoms with Gasteiger partial charge in [-0.25, -0.2) is 9.37 Å². The lowest BCUT2D eigenvalue weighted by molar-refractivity contribution is 0.0772. The van der Waals surface area contributed by atoms with Gasteiger partial charge in [0.1, 0.15) is 5.82 Å². The number of carbonyl (C=O) groups excluding carboxylic acids is 1. The summed E-state index contributed by atoms with van der Waals surface area (Å²) in [5, 5.41) is 3.78. The van der Waals surface area contributed by atoms with Gasteiger partial charge in [0.2, 0.25) is 0 Å². The van der Waals surface area contributed by atoms with Gasteiger partial charge < -0.3 is 9.80 Å². The summed E-state index contributed by atoms with van der Waals surface area (Å²) in [6.45, 7) is 3.12. The van der Waals surface area contributed by atoms with Crippen LogP contribution in [0.5, 0.6) is 0 Å². The minimum absolute atomic E-state index is 0.0394. The number of thiazole rings is 1. The molecule has 124 valence electrons. The molecule has 1 amide bonds. The molecule has 4 nitrogen and oxygen atoms in total. The Morgan fingerprint density at radius 3 is 2.92 bits per heavy atom. The molecule has 3 aromatic rings. The average Bonchev–Trinajstić information content (AvgIpc) is 3.19. The maximum Gasteiger partial charge on any atom is 0.264 e. The van der Waals surface area contributed by atoms with Crippen LogP contribution in [0.2, 0.25) is 0 Å². The molecule has 0 bridgehead atoms. The van der Waals surface area contributed by atoms with Crippen LogP contribution in [0.25, 0.3) is 10.1 Å². The Hall–Kier alpha value is -1.99. The first-order valence-electron chi connectivity index (χ1n) is 7.83. The summed E-state index contributed by atoms with van der Waals surface area (Å²) in [5.41, 5.74) is 0. The molecule has 3 heterocycles. The molecule has 0 saturated carbocycles. The number of rotatable bonds is 2. The number of hydrogen-bond donors (Lipinski definition) is 0. The predicted molar refractivity (Wildman–Crippen MR) is 96.6 cm³/mol. The van der Waals surface area contributed by atoms with Gasteiger partial charge in [0.25, 0.3) is 5.91 Å². The van der Waals surface area contributed by atoms with Crippen molar-refractivity contribution in [3.8, 4) is 0 Å². The predicted octanol–water partition coefficient (Wildman–Crippen LogP) is 3.85. The first-order valence-corrected chi connectivity index (χ1v) is 9.53. The van der Waals surface area contributed by atoms with Crippen molar-refractivity contribution < 1.29 is 9.18 Å². The first kappa shape index (κ1) is 15.5. The molecule has 0 aliphatic carbocycles. The lowest BCUT2D eigenvalue weighted by Crippen LogP contribution is -2.34. The first-order chi connectivity index (χ1) is 11.7. The van der Waals surface area contributed by atoms with E-state index < -0.39 is 0 Å². The van der Waals surface area contributed by atoms with Gasteiger partial charge in [-0.05, 0) is 36.1 Å². The third kappa shape index (κ3) is 3.01. The van der Waals surface area contributed by atoms with E-state index in [1.165, 1.54) is 23.5 Å². The SMILES string of the molecule is O=C(c1cc2cc(F)ccc2s1)N1CCCN(c2nccs2)CC1. The van der Waals surface area contributed by atoms with Gasteiger partial charge in [-0.2, -0.15) is 0 Å². The Bertz CT molecular complexity index is 862. The molecule has 1 fully saturated rings. The monoisotopic (exact) mass is 361 g/mol. The largest absolute Gasteiger partial charge is 0.346 e. The number of benzene rings is 1. The van der Waals surface area contributed by atoms with E-state index in [1.807, 2.05) is 16.5 Å². The van der Waals surface area contributed by atoms with E-state index in [0.717, 1.165) is 41.3 Å². The smallest absolute Gasteiger partial charge is 0.264 e. The van der Waals surface area contributed by atoms with Crippen LogP contribution in [0.1, 0.15) is 16.1 Å². The van der Waals surface area contributed by atoms with E-state index in [4.69, 9.17) is 0 Å². The number of halogens is 1. The standard InChI is InChI=1S/C17H16FN3OS2/c18-13-2-3-14-12(10-13)11-15(24-14)16(22)20-5-1-6-21(8-7-20)17-19-4-9-23-17/h2-4,9-11H,1,5-8H2. The summed E-state index contributed by atoms with van der Waals surface area (Å²) in [4.78, 5) is 22.0. The van der Waals surface area contributed by atoms with Gasteiger partial charge in [-0.15, -0.1) is 22.7 Å². The molecular weight excluding hydrogens is 345 g/mol. The van der Waals surface area contributed by atoms with E-state index in [1.54, 1.807) is 23.5 Å². The Morgan fingerprint density at radius 2 is 2.08 bits per heavy atom. The molecule has 0 atom stereocenters. The molecule has 2 aromatic heterocycles. The maximum absolute atomic E-state index is 13.3. The second-order valence-corrected chi connectivity index (χ2v) is 7.70. The van der Waals surface area contributed by atoms with Crippen molar-refractivity contribution in [2.24, 2.45) is 0 Å². The van der Waals surface area contributed by atoms with Crippen LogP contribution < -0.4 is 4.90 Å². The van der Waals surface area contributed by atoms with Crippen LogP contribution in [0.4, 0.5) is 9.52 Å². The number of anilines is 1. The highest BCUT2D eigenvalue weighted by Gasteiger charge is 2.22. The number of hydrogen-bond acceptors (Lipinski definition) is 5. The molecule has 0 unspecified atom stereocenters. The maximum atomic E-state index is 13.3. The van der Waals surface area contributed by atoms with Crippen LogP contribution in [0, 0.1) is 5.82 Å². The minimum atomic E-state index is -0.270. The number of nitrogens with zero attached hydrogens (tertiary/aromatic N) is 3. The van der Waals surface area contributed by atoms with E-state index in [-0.39, 0.29) is 11.7 Å². The lowest BCUT2D eigenvalue weighted by atomic mass is 10.2. The second-order valence-electron chi connectivity index (χ2n) is 5.74. The van der Waals surface area contributed by atoms with Crippen molar-refractivity contribution in [2.45, 2.75) is 6.42 Å². The molecule has 0 N–H and O–H groups in total. The van der Waals surface area contributed by atoms with Gasteiger partial charge >= 0.3 is 0 Å². The molecule has 1 aliphatic rings. The quantitative estimate of drug-likeness (QED) is 0.696. The van der Waals surface area contributed by atoms with E-state index in [2.05, 4.69) is 9.88 Å². The van der Waals surface area contributed by atoms with Crippen molar-refractivity contribution in [1.82, 2.24) is 9.88 Å². The van der Waals surface area contributed by atoms with Crippen molar-refractivity contribution in [1.29, 1.82) is 0 Å². The highest BCUT2D eigenvalue weighted by molar-refractivity contribution is 7.20. The lowest BCUT2D eigenvalue weighted by Gasteiger charge is -2.21. The van der Waals surface area contributed by atoms with Crippen LogP contribution in [0.3, 0.4) is 0 Å². The fourth-order valence-corrected chi connectivity index (χ4v) is 4.67. The average molecular weight is 361 g/mol. The summed E-state index contributed by atoms with van der Waals surface area (Å²) >= 11 is 3.06. The highest BCUT2D eigenvalue weighted by atomic mass is 32.1. The Kier molecular flexibility index (Phi) is 4.20. The van der Waals surface area contributed by atoms with Gasteiger partial charge in [0, 0.05) is 42.5 Å². The third-order valence-electron chi connectivity index (χ3n) is 4.16. The zero-order chi connectivity index (χ0) is 16.5. The molecular formula is C17H16FN3OS2. The molecule has 7 heteroatoms. The normalized spacial score (nSPS) is 15.7. The van der Waals surface area contributed by atoms with Gasteiger partial charge in [0.15, 0.2) is 5.13 Å². The van der Waals surface area contributed by atoms with Gasteiger partial charge in [-0.3, -0.25) is 4.79 Å². The molecule has 24 heavy (non-hydrogen) atoms. The molecule has 0 spiro atoms. The van der Waals surface area contributed by atoms with Gasteiger partial charge in [-0.1, -0.05) is 0 Å². The van der Waals surface area contributed by atoms with Crippen LogP contribution in [-0.4, -0.2) is 42.0 Å². The fourth-order valence-electron chi connectivity index (χ4n) is 2.96. The van der Waals surface area contributed by atoms with E-state index in [0.29, 0.717) is 11.4 Å². The molecule has 1 aliphatic heterocycles. The summed E-state index contributed by atoms with van der Waals surface area (Å²) in [7, 11) is 0. The highest BCUT2D eigenvalue weighted by Crippen LogP contribution is 2.28. The van der Waals surface area contributed by atoms with Crippen LogP contribution >= 0.6 is 22.7 Å². The van der Waals surface area contributed by atoms with Crippen molar-refractivity contribution >= 4 is 43.8 Å². The summed E-state index contributed by atoms with van der Waals surface area (Å²) in [6.07, 6.45) is 2.73. The molecule has 4 rings (SSSR count). The Balaban J connectivity index is 1.51. The summed E-state index contributed by atoms with van der Waals surface area (Å²) < 4.78 is 14.3. The number of thiophene rings is 1. The number of carbonyl (C=O) groups is 1. The number of amides is 1. The molecule has 1 saturated heterocycles. The third-order valence-corrected chi connectivity index (χ3v) is 6.10. The fraction of sp³-hybridized carbons (Fsp3) is 0.294. The zero-order valence-corrected chi connectivity index (χ0v) is 14.6. The second kappa shape index (κ2) is 6.49. The van der Waals surface area contributed by atoms with Crippen molar-refractivity contribution in [3.05, 3.63) is 46.5 Å². The summed E-state index contributed by atoms with van der Waals surface area (Å²) in [6, 6.07) is 6.45. The number of fused-ring (bicyclic) bond motifs is 1. The molecule has 0 radical (unpaired) electrons. The van der Waals surface area contributed by atoms with Crippen LogP contribution in [0.15, 0.2) is 35.8 Å². The summed E-state index contributed by atoms with van der Waals surface area (Å²) in [5.74, 6) is -0.231. The van der Waals surface area contributed by atoms with Crippen molar-refractivity contribution in [2.75, 3.05) is 31.1 Å². The van der Waals surface area contributed by atoms with Crippen molar-refractivity contribution in [3.63, 3.8) is 0 Å². The minimum Gasteiger partial charge on any atom is -0.346 e. The van der Waals surface area contributed by atoms with Crippen LogP contribution in [-0.2, 0) is 0 Å². The Morgan fingerprint density at radius 1 is 1.17 bits per heavy atom. The van der Waals surface area contributed by atoms with E-state index in [9.17, 15) is 9.18 Å². The van der Waals surface area contributed by atoms with E-state index >= 15 is 0 Å². The number of aromatic nitrogens is 1. The molecule has 1 aromatic carbocycles.